The predicted molar refractivity (Wildman–Crippen MR) is 114 cm³/mol. The first-order valence-electron chi connectivity index (χ1n) is 8.56. The number of amides is 2. The molecule has 3 aromatic rings. The quantitative estimate of drug-likeness (QED) is 0.576. The van der Waals surface area contributed by atoms with Crippen molar-refractivity contribution in [3.05, 3.63) is 74.9 Å². The number of hydrogen-bond donors (Lipinski definition) is 2. The zero-order chi connectivity index (χ0) is 20.1. The maximum Gasteiger partial charge on any atom is 0.265 e. The molecule has 0 saturated carbocycles. The minimum absolute atomic E-state index is 0.133. The highest BCUT2D eigenvalue weighted by atomic mass is 35.5. The molecule has 2 aromatic carbocycles. The molecule has 0 aliphatic carbocycles. The zero-order valence-electron chi connectivity index (χ0n) is 15.4. The van der Waals surface area contributed by atoms with Gasteiger partial charge in [-0.1, -0.05) is 23.7 Å². The minimum Gasteiger partial charge on any atom is -0.484 e. The van der Waals surface area contributed by atoms with Crippen molar-refractivity contribution < 1.29 is 14.3 Å². The Labute approximate surface area is 172 Å². The molecule has 1 heterocycles. The molecule has 144 valence electrons. The Morgan fingerprint density at radius 3 is 2.57 bits per heavy atom. The van der Waals surface area contributed by atoms with Crippen LogP contribution in [-0.2, 0) is 4.79 Å². The molecule has 28 heavy (non-hydrogen) atoms. The third-order valence-corrected chi connectivity index (χ3v) is 5.31. The van der Waals surface area contributed by atoms with Crippen LogP contribution in [0.15, 0.2) is 53.9 Å². The summed E-state index contributed by atoms with van der Waals surface area (Å²) in [6, 6.07) is 14.2. The van der Waals surface area contributed by atoms with Crippen LogP contribution in [0.2, 0.25) is 5.02 Å². The molecule has 0 atom stereocenters. The molecule has 5 nitrogen and oxygen atoms in total. The van der Waals surface area contributed by atoms with E-state index < -0.39 is 0 Å². The highest BCUT2D eigenvalue weighted by Gasteiger charge is 2.10. The summed E-state index contributed by atoms with van der Waals surface area (Å²) in [5.41, 5.74) is 2.98. The van der Waals surface area contributed by atoms with Crippen LogP contribution < -0.4 is 15.4 Å². The van der Waals surface area contributed by atoms with Crippen molar-refractivity contribution in [2.24, 2.45) is 0 Å². The van der Waals surface area contributed by atoms with E-state index in [0.29, 0.717) is 27.0 Å². The standard InChI is InChI=1S/C21H19ClN2O3S/c1-13-5-6-15(23-21(26)19-4-3-9-28-19)11-18(13)24-20(25)12-27-16-7-8-17(22)14(2)10-16/h3-11H,12H2,1-2H3,(H,23,26)(H,24,25). The number of halogens is 1. The molecular weight excluding hydrogens is 396 g/mol. The molecule has 0 bridgehead atoms. The number of rotatable bonds is 6. The highest BCUT2D eigenvalue weighted by molar-refractivity contribution is 7.12. The smallest absolute Gasteiger partial charge is 0.265 e. The SMILES string of the molecule is Cc1cc(OCC(=O)Nc2cc(NC(=O)c3cccs3)ccc2C)ccc1Cl. The summed E-state index contributed by atoms with van der Waals surface area (Å²) >= 11 is 7.36. The molecular formula is C21H19ClN2O3S. The van der Waals surface area contributed by atoms with Crippen LogP contribution >= 0.6 is 22.9 Å². The van der Waals surface area contributed by atoms with Crippen LogP contribution in [0.3, 0.4) is 0 Å². The number of carbonyl (C=O) groups excluding carboxylic acids is 2. The normalized spacial score (nSPS) is 10.4. The Morgan fingerprint density at radius 2 is 1.86 bits per heavy atom. The lowest BCUT2D eigenvalue weighted by Gasteiger charge is -2.12. The van der Waals surface area contributed by atoms with E-state index in [-0.39, 0.29) is 18.4 Å². The van der Waals surface area contributed by atoms with Crippen LogP contribution in [0.4, 0.5) is 11.4 Å². The van der Waals surface area contributed by atoms with E-state index in [1.807, 2.05) is 31.4 Å². The summed E-state index contributed by atoms with van der Waals surface area (Å²) in [5, 5.41) is 8.14. The van der Waals surface area contributed by atoms with E-state index in [1.54, 1.807) is 36.4 Å². The molecule has 0 spiro atoms. The van der Waals surface area contributed by atoms with E-state index in [0.717, 1.165) is 11.1 Å². The van der Waals surface area contributed by atoms with E-state index in [1.165, 1.54) is 11.3 Å². The van der Waals surface area contributed by atoms with Gasteiger partial charge in [-0.05, 0) is 66.8 Å². The van der Waals surface area contributed by atoms with Gasteiger partial charge in [0, 0.05) is 16.4 Å². The number of benzene rings is 2. The molecule has 0 fully saturated rings. The number of thiophene rings is 1. The van der Waals surface area contributed by atoms with E-state index >= 15 is 0 Å². The predicted octanol–water partition coefficient (Wildman–Crippen LogP) is 5.29. The average Bonchev–Trinajstić information content (AvgIpc) is 3.20. The van der Waals surface area contributed by atoms with Gasteiger partial charge < -0.3 is 15.4 Å². The molecule has 0 aliphatic rings. The van der Waals surface area contributed by atoms with Crippen molar-refractivity contribution in [1.29, 1.82) is 0 Å². The molecule has 0 aliphatic heterocycles. The first-order valence-corrected chi connectivity index (χ1v) is 9.82. The van der Waals surface area contributed by atoms with Crippen molar-refractivity contribution in [3.8, 4) is 5.75 Å². The van der Waals surface area contributed by atoms with Gasteiger partial charge in [-0.2, -0.15) is 0 Å². The number of nitrogens with one attached hydrogen (secondary N) is 2. The van der Waals surface area contributed by atoms with E-state index in [9.17, 15) is 9.59 Å². The minimum atomic E-state index is -0.294. The van der Waals surface area contributed by atoms with Crippen molar-refractivity contribution >= 4 is 46.1 Å². The van der Waals surface area contributed by atoms with Crippen LogP contribution in [0.5, 0.6) is 5.75 Å². The first-order chi connectivity index (χ1) is 13.4. The lowest BCUT2D eigenvalue weighted by molar-refractivity contribution is -0.118. The van der Waals surface area contributed by atoms with Gasteiger partial charge in [0.05, 0.1) is 4.88 Å². The Kier molecular flexibility index (Phi) is 6.34. The lowest BCUT2D eigenvalue weighted by atomic mass is 10.1. The second-order valence-electron chi connectivity index (χ2n) is 6.21. The maximum atomic E-state index is 12.3. The van der Waals surface area contributed by atoms with Crippen LogP contribution in [0.1, 0.15) is 20.8 Å². The molecule has 0 unspecified atom stereocenters. The second-order valence-corrected chi connectivity index (χ2v) is 7.56. The lowest BCUT2D eigenvalue weighted by Crippen LogP contribution is -2.21. The van der Waals surface area contributed by atoms with E-state index in [2.05, 4.69) is 10.6 Å². The van der Waals surface area contributed by atoms with Crippen molar-refractivity contribution in [2.75, 3.05) is 17.2 Å². The molecule has 0 saturated heterocycles. The average molecular weight is 415 g/mol. The fourth-order valence-corrected chi connectivity index (χ4v) is 3.21. The zero-order valence-corrected chi connectivity index (χ0v) is 17.0. The number of aryl methyl sites for hydroxylation is 2. The summed E-state index contributed by atoms with van der Waals surface area (Å²) in [6.45, 7) is 3.62. The highest BCUT2D eigenvalue weighted by Crippen LogP contribution is 2.23. The van der Waals surface area contributed by atoms with Gasteiger partial charge in [0.15, 0.2) is 6.61 Å². The topological polar surface area (TPSA) is 67.4 Å². The summed E-state index contributed by atoms with van der Waals surface area (Å²) in [6.07, 6.45) is 0. The van der Waals surface area contributed by atoms with Crippen LogP contribution in [0.25, 0.3) is 0 Å². The fourth-order valence-electron chi connectivity index (χ4n) is 2.48. The Morgan fingerprint density at radius 1 is 1.04 bits per heavy atom. The van der Waals surface area contributed by atoms with Crippen molar-refractivity contribution in [2.45, 2.75) is 13.8 Å². The number of ether oxygens (including phenoxy) is 1. The van der Waals surface area contributed by atoms with Crippen LogP contribution in [0, 0.1) is 13.8 Å². The van der Waals surface area contributed by atoms with Gasteiger partial charge in [-0.25, -0.2) is 0 Å². The molecule has 3 rings (SSSR count). The largest absolute Gasteiger partial charge is 0.484 e. The molecule has 0 radical (unpaired) electrons. The monoisotopic (exact) mass is 414 g/mol. The van der Waals surface area contributed by atoms with Crippen LogP contribution in [-0.4, -0.2) is 18.4 Å². The molecule has 2 amide bonds. The summed E-state index contributed by atoms with van der Waals surface area (Å²) in [7, 11) is 0. The van der Waals surface area contributed by atoms with Gasteiger partial charge >= 0.3 is 0 Å². The third-order valence-electron chi connectivity index (χ3n) is 4.01. The Bertz CT molecular complexity index is 1000. The van der Waals surface area contributed by atoms with Gasteiger partial charge in [-0.15, -0.1) is 11.3 Å². The van der Waals surface area contributed by atoms with Gasteiger partial charge in [0.2, 0.25) is 0 Å². The van der Waals surface area contributed by atoms with Crippen molar-refractivity contribution in [3.63, 3.8) is 0 Å². The van der Waals surface area contributed by atoms with Crippen molar-refractivity contribution in [1.82, 2.24) is 0 Å². The van der Waals surface area contributed by atoms with E-state index in [4.69, 9.17) is 16.3 Å². The molecule has 7 heteroatoms. The molecule has 1 aromatic heterocycles. The van der Waals surface area contributed by atoms with Gasteiger partial charge in [-0.3, -0.25) is 9.59 Å². The number of anilines is 2. The van der Waals surface area contributed by atoms with Gasteiger partial charge in [0.25, 0.3) is 11.8 Å². The number of hydrogen-bond acceptors (Lipinski definition) is 4. The first kappa shape index (κ1) is 19.9. The van der Waals surface area contributed by atoms with Gasteiger partial charge in [0.1, 0.15) is 5.75 Å². The summed E-state index contributed by atoms with van der Waals surface area (Å²) in [4.78, 5) is 25.1. The Balaban J connectivity index is 1.61. The fraction of sp³-hybridized carbons (Fsp3) is 0.143. The third kappa shape index (κ3) is 5.12. The maximum absolute atomic E-state index is 12.3. The second kappa shape index (κ2) is 8.91. The summed E-state index contributed by atoms with van der Waals surface area (Å²) in [5.74, 6) is 0.0979. The summed E-state index contributed by atoms with van der Waals surface area (Å²) < 4.78 is 5.52. The number of carbonyl (C=O) groups is 2. The Hall–Kier alpha value is -2.83. The molecule has 2 N–H and O–H groups in total.